The first-order chi connectivity index (χ1) is 21.9. The average molecular weight is 621 g/mol. The lowest BCUT2D eigenvalue weighted by atomic mass is 9.95. The lowest BCUT2D eigenvalue weighted by molar-refractivity contribution is -0.132. The van der Waals surface area contributed by atoms with E-state index >= 15 is 0 Å². The standard InChI is InChI=1S/C34H32N6O4S/c1-20-17-25(44-24-5-3-2-4-6-24)9-10-26(20)40-27-11-14-36-31-28(27)29(37-34(40)43)32(45-31)38-30(41)22-12-15-39(16-13-22)33(42)23(19-35)18-21-7-8-21/h2-6,9-11,14,17-18,21-22,29,32H,7-8,12-13,15-16H2,1H3,(H,37,43)(H,38,41)/b23-18+. The number of thioether (sulfide) groups is 1. The Labute approximate surface area is 265 Å². The van der Waals surface area contributed by atoms with Gasteiger partial charge in [-0.2, -0.15) is 5.26 Å². The number of hydrogen-bond acceptors (Lipinski definition) is 7. The summed E-state index contributed by atoms with van der Waals surface area (Å²) in [6.45, 7) is 2.79. The van der Waals surface area contributed by atoms with Crippen molar-refractivity contribution in [3.63, 3.8) is 0 Å². The van der Waals surface area contributed by atoms with E-state index in [9.17, 15) is 19.6 Å². The van der Waals surface area contributed by atoms with Crippen molar-refractivity contribution in [3.8, 4) is 17.6 Å². The zero-order valence-corrected chi connectivity index (χ0v) is 25.5. The number of ether oxygens (including phenoxy) is 1. The monoisotopic (exact) mass is 620 g/mol. The highest BCUT2D eigenvalue weighted by Gasteiger charge is 2.45. The molecule has 2 aromatic carbocycles. The quantitative estimate of drug-likeness (QED) is 0.255. The number of aryl methyl sites for hydroxylation is 1. The van der Waals surface area contributed by atoms with Crippen LogP contribution >= 0.6 is 11.8 Å². The Hall–Kier alpha value is -4.82. The summed E-state index contributed by atoms with van der Waals surface area (Å²) in [5.74, 6) is 1.13. The maximum absolute atomic E-state index is 13.6. The normalized spacial score (nSPS) is 21.1. The van der Waals surface area contributed by atoms with Gasteiger partial charge in [-0.3, -0.25) is 14.5 Å². The van der Waals surface area contributed by atoms with Gasteiger partial charge >= 0.3 is 6.03 Å². The van der Waals surface area contributed by atoms with Crippen LogP contribution in [-0.4, -0.2) is 46.2 Å². The van der Waals surface area contributed by atoms with Crippen LogP contribution in [0.4, 0.5) is 16.2 Å². The van der Waals surface area contributed by atoms with Crippen molar-refractivity contribution in [1.82, 2.24) is 20.5 Å². The molecule has 0 radical (unpaired) electrons. The average Bonchev–Trinajstić information content (AvgIpc) is 3.81. The molecule has 4 aliphatic rings. The maximum Gasteiger partial charge on any atom is 0.327 e. The predicted octanol–water partition coefficient (Wildman–Crippen LogP) is 5.73. The molecule has 10 nitrogen and oxygen atoms in total. The third kappa shape index (κ3) is 5.73. The highest BCUT2D eigenvalue weighted by molar-refractivity contribution is 8.00. The van der Waals surface area contributed by atoms with Crippen molar-refractivity contribution < 1.29 is 19.1 Å². The van der Waals surface area contributed by atoms with Crippen LogP contribution in [0.15, 0.2) is 77.5 Å². The topological polar surface area (TPSA) is 128 Å². The van der Waals surface area contributed by atoms with E-state index in [0.29, 0.717) is 37.6 Å². The fraction of sp³-hybridized carbons (Fsp3) is 0.324. The SMILES string of the molecule is Cc1cc(Oc2ccccc2)ccc1N1C(=O)NC2c3c1ccnc3SC2NC(=O)C1CCN(C(=O)/C(C#N)=C/C2CC2)CC1. The van der Waals surface area contributed by atoms with Gasteiger partial charge in [0.2, 0.25) is 5.91 Å². The molecule has 7 rings (SSSR count). The summed E-state index contributed by atoms with van der Waals surface area (Å²) in [5, 5.41) is 16.1. The third-order valence-electron chi connectivity index (χ3n) is 8.71. The Kier molecular flexibility index (Phi) is 7.67. The Morgan fingerprint density at radius 1 is 1.07 bits per heavy atom. The number of likely N-dealkylation sites (tertiary alicyclic amines) is 1. The van der Waals surface area contributed by atoms with Crippen LogP contribution in [0.1, 0.15) is 42.9 Å². The third-order valence-corrected chi connectivity index (χ3v) is 9.90. The number of para-hydroxylation sites is 1. The molecule has 2 atom stereocenters. The fourth-order valence-electron chi connectivity index (χ4n) is 6.17. The van der Waals surface area contributed by atoms with Crippen LogP contribution in [-0.2, 0) is 9.59 Å². The second-order valence-corrected chi connectivity index (χ2v) is 12.9. The van der Waals surface area contributed by atoms with Gasteiger partial charge in [0.15, 0.2) is 0 Å². The van der Waals surface area contributed by atoms with Gasteiger partial charge in [0, 0.05) is 30.8 Å². The molecule has 45 heavy (non-hydrogen) atoms. The minimum atomic E-state index is -0.435. The maximum atomic E-state index is 13.6. The number of carbonyl (C=O) groups excluding carboxylic acids is 3. The molecule has 1 aliphatic carbocycles. The van der Waals surface area contributed by atoms with Crippen molar-refractivity contribution in [2.24, 2.45) is 11.8 Å². The minimum absolute atomic E-state index is 0.107. The summed E-state index contributed by atoms with van der Waals surface area (Å²) in [5.41, 5.74) is 3.41. The number of nitriles is 1. The number of anilines is 2. The van der Waals surface area contributed by atoms with Gasteiger partial charge in [-0.05, 0) is 80.5 Å². The van der Waals surface area contributed by atoms with Crippen molar-refractivity contribution >= 4 is 41.0 Å². The second-order valence-electron chi connectivity index (χ2n) is 11.8. The number of hydrogen-bond donors (Lipinski definition) is 2. The van der Waals surface area contributed by atoms with Crippen molar-refractivity contribution in [2.75, 3.05) is 18.0 Å². The molecule has 3 aromatic rings. The van der Waals surface area contributed by atoms with E-state index in [0.717, 1.165) is 46.1 Å². The number of piperidine rings is 1. The summed E-state index contributed by atoms with van der Waals surface area (Å²) in [7, 11) is 0. The van der Waals surface area contributed by atoms with Gasteiger partial charge in [0.1, 0.15) is 33.5 Å². The van der Waals surface area contributed by atoms with Crippen LogP contribution in [0, 0.1) is 30.1 Å². The fourth-order valence-corrected chi connectivity index (χ4v) is 7.40. The van der Waals surface area contributed by atoms with Gasteiger partial charge in [-0.1, -0.05) is 36.0 Å². The number of nitrogens with zero attached hydrogens (tertiary/aromatic N) is 4. The van der Waals surface area contributed by atoms with Gasteiger partial charge in [0.25, 0.3) is 5.91 Å². The first-order valence-corrected chi connectivity index (χ1v) is 16.1. The Morgan fingerprint density at radius 2 is 1.84 bits per heavy atom. The smallest absolute Gasteiger partial charge is 0.327 e. The molecule has 3 aliphatic heterocycles. The van der Waals surface area contributed by atoms with Gasteiger partial charge in [-0.25, -0.2) is 9.78 Å². The Bertz CT molecular complexity index is 1740. The number of benzene rings is 2. The molecule has 1 saturated heterocycles. The number of pyridine rings is 1. The van der Waals surface area contributed by atoms with E-state index in [2.05, 4.69) is 21.7 Å². The number of nitrogens with one attached hydrogen (secondary N) is 2. The number of amides is 4. The molecule has 228 valence electrons. The molecule has 0 spiro atoms. The summed E-state index contributed by atoms with van der Waals surface area (Å²) in [6, 6.07) is 18.3. The summed E-state index contributed by atoms with van der Waals surface area (Å²) < 4.78 is 5.99. The lowest BCUT2D eigenvalue weighted by Gasteiger charge is -2.36. The second kappa shape index (κ2) is 11.9. The highest BCUT2D eigenvalue weighted by Crippen LogP contribution is 2.50. The molecule has 2 N–H and O–H groups in total. The number of carbonyl (C=O) groups is 3. The molecule has 4 amide bonds. The van der Waals surface area contributed by atoms with E-state index in [4.69, 9.17) is 4.74 Å². The molecular formula is C34H32N6O4S. The summed E-state index contributed by atoms with van der Waals surface area (Å²) in [4.78, 5) is 47.8. The first-order valence-electron chi connectivity index (χ1n) is 15.2. The number of urea groups is 1. The zero-order chi connectivity index (χ0) is 31.1. The molecule has 2 fully saturated rings. The molecule has 11 heteroatoms. The zero-order valence-electron chi connectivity index (χ0n) is 24.7. The number of rotatable bonds is 7. The first kappa shape index (κ1) is 28.9. The van der Waals surface area contributed by atoms with E-state index in [1.54, 1.807) is 22.1 Å². The Morgan fingerprint density at radius 3 is 2.56 bits per heavy atom. The summed E-state index contributed by atoms with van der Waals surface area (Å²) in [6.07, 6.45) is 6.56. The van der Waals surface area contributed by atoms with Crippen LogP contribution in [0.3, 0.4) is 0 Å². The van der Waals surface area contributed by atoms with Crippen LogP contribution in [0.5, 0.6) is 11.5 Å². The molecule has 0 bridgehead atoms. The van der Waals surface area contributed by atoms with E-state index in [-0.39, 0.29) is 29.3 Å². The lowest BCUT2D eigenvalue weighted by Crippen LogP contribution is -2.51. The van der Waals surface area contributed by atoms with E-state index < -0.39 is 11.4 Å². The van der Waals surface area contributed by atoms with Gasteiger partial charge < -0.3 is 20.3 Å². The van der Waals surface area contributed by atoms with Crippen molar-refractivity contribution in [1.29, 1.82) is 5.26 Å². The molecule has 4 heterocycles. The highest BCUT2D eigenvalue weighted by atomic mass is 32.2. The van der Waals surface area contributed by atoms with Crippen LogP contribution < -0.4 is 20.3 Å². The number of allylic oxidation sites excluding steroid dienone is 1. The molecular weight excluding hydrogens is 588 g/mol. The van der Waals surface area contributed by atoms with Crippen LogP contribution in [0.25, 0.3) is 0 Å². The Balaban J connectivity index is 1.03. The van der Waals surface area contributed by atoms with E-state index in [1.807, 2.05) is 61.5 Å². The van der Waals surface area contributed by atoms with Gasteiger partial charge in [0.05, 0.1) is 17.4 Å². The van der Waals surface area contributed by atoms with Gasteiger partial charge in [-0.15, -0.1) is 0 Å². The minimum Gasteiger partial charge on any atom is -0.457 e. The number of aromatic nitrogens is 1. The largest absolute Gasteiger partial charge is 0.457 e. The summed E-state index contributed by atoms with van der Waals surface area (Å²) >= 11 is 1.43. The van der Waals surface area contributed by atoms with Crippen molar-refractivity contribution in [2.45, 2.75) is 49.0 Å². The molecule has 2 unspecified atom stereocenters. The molecule has 1 saturated carbocycles. The van der Waals surface area contributed by atoms with Crippen molar-refractivity contribution in [3.05, 3.63) is 83.6 Å². The predicted molar refractivity (Wildman–Crippen MR) is 169 cm³/mol. The van der Waals surface area contributed by atoms with E-state index in [1.165, 1.54) is 11.8 Å². The van der Waals surface area contributed by atoms with Crippen LogP contribution in [0.2, 0.25) is 0 Å². The molecule has 1 aromatic heterocycles.